The summed E-state index contributed by atoms with van der Waals surface area (Å²) < 4.78 is 10.4. The van der Waals surface area contributed by atoms with Crippen LogP contribution in [0.4, 0.5) is 11.4 Å². The molecule has 0 radical (unpaired) electrons. The van der Waals surface area contributed by atoms with Crippen molar-refractivity contribution in [1.82, 2.24) is 4.98 Å². The summed E-state index contributed by atoms with van der Waals surface area (Å²) in [4.78, 5) is 4.10. The third-order valence-corrected chi connectivity index (χ3v) is 3.06. The second kappa shape index (κ2) is 6.36. The Hall–Kier alpha value is -1.85. The SMILES string of the molecule is COCC(CNc1ccc(N)c2cnccc12)OC. The van der Waals surface area contributed by atoms with Crippen LogP contribution in [-0.4, -0.2) is 38.5 Å². The first-order chi connectivity index (χ1) is 9.26. The smallest absolute Gasteiger partial charge is 0.0976 e. The molecule has 5 nitrogen and oxygen atoms in total. The fourth-order valence-corrected chi connectivity index (χ4v) is 1.99. The molecule has 1 aromatic carbocycles. The van der Waals surface area contributed by atoms with Gasteiger partial charge in [-0.25, -0.2) is 0 Å². The Morgan fingerprint density at radius 2 is 2.11 bits per heavy atom. The van der Waals surface area contributed by atoms with Crippen molar-refractivity contribution in [2.75, 3.05) is 38.4 Å². The van der Waals surface area contributed by atoms with Crippen LogP contribution < -0.4 is 11.1 Å². The molecule has 1 unspecified atom stereocenters. The summed E-state index contributed by atoms with van der Waals surface area (Å²) in [6, 6.07) is 5.80. The second-order valence-electron chi connectivity index (χ2n) is 4.32. The number of nitrogen functional groups attached to an aromatic ring is 1. The summed E-state index contributed by atoms with van der Waals surface area (Å²) in [7, 11) is 3.34. The Balaban J connectivity index is 2.19. The maximum atomic E-state index is 5.94. The van der Waals surface area contributed by atoms with Crippen LogP contribution in [0.25, 0.3) is 10.8 Å². The van der Waals surface area contributed by atoms with E-state index >= 15 is 0 Å². The monoisotopic (exact) mass is 261 g/mol. The average molecular weight is 261 g/mol. The van der Waals surface area contributed by atoms with Crippen LogP contribution in [0.1, 0.15) is 0 Å². The van der Waals surface area contributed by atoms with Gasteiger partial charge in [0, 0.05) is 55.3 Å². The van der Waals surface area contributed by atoms with E-state index in [9.17, 15) is 0 Å². The number of pyridine rings is 1. The molecule has 1 aromatic heterocycles. The van der Waals surface area contributed by atoms with Crippen LogP contribution in [-0.2, 0) is 9.47 Å². The molecular formula is C14H19N3O2. The van der Waals surface area contributed by atoms with Crippen LogP contribution in [0.5, 0.6) is 0 Å². The second-order valence-corrected chi connectivity index (χ2v) is 4.32. The topological polar surface area (TPSA) is 69.4 Å². The molecule has 3 N–H and O–H groups in total. The summed E-state index contributed by atoms with van der Waals surface area (Å²) in [6.45, 7) is 1.23. The summed E-state index contributed by atoms with van der Waals surface area (Å²) in [6.07, 6.45) is 3.55. The fraction of sp³-hybridized carbons (Fsp3) is 0.357. The minimum Gasteiger partial charge on any atom is -0.398 e. The maximum absolute atomic E-state index is 5.94. The summed E-state index contributed by atoms with van der Waals surface area (Å²) in [5, 5.41) is 5.37. The van der Waals surface area contributed by atoms with E-state index in [0.717, 1.165) is 22.1 Å². The van der Waals surface area contributed by atoms with Crippen LogP contribution in [0, 0.1) is 0 Å². The molecule has 0 bridgehead atoms. The van der Waals surface area contributed by atoms with E-state index in [1.807, 2.05) is 18.2 Å². The zero-order valence-corrected chi connectivity index (χ0v) is 11.2. The van der Waals surface area contributed by atoms with E-state index in [2.05, 4.69) is 10.3 Å². The molecule has 5 heteroatoms. The van der Waals surface area contributed by atoms with Crippen LogP contribution in [0.3, 0.4) is 0 Å². The number of hydrogen-bond acceptors (Lipinski definition) is 5. The van der Waals surface area contributed by atoms with Gasteiger partial charge in [0.05, 0.1) is 12.7 Å². The van der Waals surface area contributed by atoms with Gasteiger partial charge in [0.2, 0.25) is 0 Å². The molecule has 19 heavy (non-hydrogen) atoms. The van der Waals surface area contributed by atoms with Crippen LogP contribution >= 0.6 is 0 Å². The number of aromatic nitrogens is 1. The molecule has 2 aromatic rings. The Labute approximate surface area is 112 Å². The quantitative estimate of drug-likeness (QED) is 0.777. The van der Waals surface area contributed by atoms with E-state index in [-0.39, 0.29) is 6.10 Å². The number of fused-ring (bicyclic) bond motifs is 1. The van der Waals surface area contributed by atoms with E-state index in [0.29, 0.717) is 13.2 Å². The molecular weight excluding hydrogens is 242 g/mol. The summed E-state index contributed by atoms with van der Waals surface area (Å²) in [5.41, 5.74) is 7.69. The lowest BCUT2D eigenvalue weighted by atomic mass is 10.1. The number of nitrogens with one attached hydrogen (secondary N) is 1. The molecule has 0 saturated carbocycles. The molecule has 1 atom stereocenters. The molecule has 2 rings (SSSR count). The molecule has 0 fully saturated rings. The Bertz CT molecular complexity index is 545. The van der Waals surface area contributed by atoms with Gasteiger partial charge in [-0.05, 0) is 18.2 Å². The number of rotatable bonds is 6. The number of methoxy groups -OCH3 is 2. The van der Waals surface area contributed by atoms with Gasteiger partial charge in [-0.3, -0.25) is 4.98 Å². The number of nitrogens with two attached hydrogens (primary N) is 1. The first-order valence-electron chi connectivity index (χ1n) is 6.14. The lowest BCUT2D eigenvalue weighted by Crippen LogP contribution is -2.26. The normalized spacial score (nSPS) is 12.5. The molecule has 0 amide bonds. The Morgan fingerprint density at radius 3 is 2.84 bits per heavy atom. The highest BCUT2D eigenvalue weighted by Gasteiger charge is 2.08. The van der Waals surface area contributed by atoms with Crippen molar-refractivity contribution >= 4 is 22.1 Å². The van der Waals surface area contributed by atoms with E-state index in [1.54, 1.807) is 26.6 Å². The number of nitrogens with zero attached hydrogens (tertiary/aromatic N) is 1. The van der Waals surface area contributed by atoms with Crippen molar-refractivity contribution in [3.05, 3.63) is 30.6 Å². The molecule has 0 aliphatic carbocycles. The van der Waals surface area contributed by atoms with Crippen molar-refractivity contribution < 1.29 is 9.47 Å². The van der Waals surface area contributed by atoms with Crippen molar-refractivity contribution in [2.45, 2.75) is 6.10 Å². The molecule has 0 saturated heterocycles. The van der Waals surface area contributed by atoms with E-state index in [4.69, 9.17) is 15.2 Å². The number of ether oxygens (including phenoxy) is 2. The minimum atomic E-state index is 0.0134. The molecule has 0 aliphatic rings. The Kier molecular flexibility index (Phi) is 4.54. The van der Waals surface area contributed by atoms with Gasteiger partial charge in [-0.15, -0.1) is 0 Å². The van der Waals surface area contributed by atoms with Gasteiger partial charge >= 0.3 is 0 Å². The lowest BCUT2D eigenvalue weighted by Gasteiger charge is -2.17. The number of benzene rings is 1. The van der Waals surface area contributed by atoms with Crippen molar-refractivity contribution in [3.8, 4) is 0 Å². The largest absolute Gasteiger partial charge is 0.398 e. The van der Waals surface area contributed by atoms with Crippen LogP contribution in [0.2, 0.25) is 0 Å². The highest BCUT2D eigenvalue weighted by Crippen LogP contribution is 2.27. The predicted molar refractivity (Wildman–Crippen MR) is 77.3 cm³/mol. The minimum absolute atomic E-state index is 0.0134. The highest BCUT2D eigenvalue weighted by molar-refractivity contribution is 6.00. The highest BCUT2D eigenvalue weighted by atomic mass is 16.5. The van der Waals surface area contributed by atoms with Gasteiger partial charge in [0.15, 0.2) is 0 Å². The predicted octanol–water partition coefficient (Wildman–Crippen LogP) is 1.89. The lowest BCUT2D eigenvalue weighted by molar-refractivity contribution is 0.0366. The third kappa shape index (κ3) is 3.13. The van der Waals surface area contributed by atoms with E-state index < -0.39 is 0 Å². The first-order valence-corrected chi connectivity index (χ1v) is 6.14. The van der Waals surface area contributed by atoms with Crippen molar-refractivity contribution in [1.29, 1.82) is 0 Å². The zero-order valence-electron chi connectivity index (χ0n) is 11.2. The summed E-state index contributed by atoms with van der Waals surface area (Å²) >= 11 is 0. The first kappa shape index (κ1) is 13.6. The average Bonchev–Trinajstić information content (AvgIpc) is 2.45. The molecule has 0 aliphatic heterocycles. The molecule has 102 valence electrons. The Morgan fingerprint density at radius 1 is 1.26 bits per heavy atom. The number of anilines is 2. The van der Waals surface area contributed by atoms with Gasteiger partial charge < -0.3 is 20.5 Å². The van der Waals surface area contributed by atoms with Gasteiger partial charge in [0.25, 0.3) is 0 Å². The van der Waals surface area contributed by atoms with Gasteiger partial charge in [-0.2, -0.15) is 0 Å². The summed E-state index contributed by atoms with van der Waals surface area (Å²) in [5.74, 6) is 0. The molecule has 1 heterocycles. The van der Waals surface area contributed by atoms with Gasteiger partial charge in [0.1, 0.15) is 0 Å². The molecule has 0 spiro atoms. The van der Waals surface area contributed by atoms with Crippen molar-refractivity contribution in [3.63, 3.8) is 0 Å². The fourth-order valence-electron chi connectivity index (χ4n) is 1.99. The zero-order chi connectivity index (χ0) is 13.7. The maximum Gasteiger partial charge on any atom is 0.0976 e. The number of hydrogen-bond donors (Lipinski definition) is 2. The van der Waals surface area contributed by atoms with E-state index in [1.165, 1.54) is 0 Å². The standard InChI is InChI=1S/C14H19N3O2/c1-18-9-10(19-2)7-17-14-4-3-13(15)12-8-16-6-5-11(12)14/h3-6,8,10,17H,7,9,15H2,1-2H3. The van der Waals surface area contributed by atoms with Crippen LogP contribution in [0.15, 0.2) is 30.6 Å². The van der Waals surface area contributed by atoms with Gasteiger partial charge in [-0.1, -0.05) is 0 Å². The third-order valence-electron chi connectivity index (χ3n) is 3.06. The van der Waals surface area contributed by atoms with Crippen molar-refractivity contribution in [2.24, 2.45) is 0 Å².